The molecule has 0 aromatic heterocycles. The van der Waals surface area contributed by atoms with Crippen molar-refractivity contribution in [3.05, 3.63) is 81.9 Å². The summed E-state index contributed by atoms with van der Waals surface area (Å²) in [5.41, 5.74) is 1.76. The van der Waals surface area contributed by atoms with Gasteiger partial charge in [-0.2, -0.15) is 0 Å². The molecule has 0 bridgehead atoms. The number of amides is 2. The highest BCUT2D eigenvalue weighted by molar-refractivity contribution is 6.30. The Morgan fingerprint density at radius 2 is 1.30 bits per heavy atom. The molecule has 27 heavy (non-hydrogen) atoms. The Labute approximate surface area is 168 Å². The summed E-state index contributed by atoms with van der Waals surface area (Å²) in [5, 5.41) is 6.82. The number of hydrogen-bond acceptors (Lipinski definition) is 2. The van der Waals surface area contributed by atoms with Gasteiger partial charge in [0.2, 0.25) is 11.8 Å². The van der Waals surface area contributed by atoms with Gasteiger partial charge in [0.15, 0.2) is 0 Å². The van der Waals surface area contributed by atoms with Crippen LogP contribution in [0.15, 0.2) is 60.7 Å². The van der Waals surface area contributed by atoms with Crippen LogP contribution >= 0.6 is 23.2 Å². The van der Waals surface area contributed by atoms with Crippen LogP contribution in [0.5, 0.6) is 0 Å². The fourth-order valence-corrected chi connectivity index (χ4v) is 2.40. The van der Waals surface area contributed by atoms with Gasteiger partial charge in [0.05, 0.1) is 0 Å². The lowest BCUT2D eigenvalue weighted by molar-refractivity contribution is -0.118. The van der Waals surface area contributed by atoms with Gasteiger partial charge in [-0.3, -0.25) is 9.59 Å². The van der Waals surface area contributed by atoms with E-state index in [1.807, 2.05) is 31.2 Å². The first-order valence-electron chi connectivity index (χ1n) is 8.38. The third kappa shape index (κ3) is 8.11. The predicted molar refractivity (Wildman–Crippen MR) is 112 cm³/mol. The Bertz CT molecular complexity index is 828. The van der Waals surface area contributed by atoms with Gasteiger partial charge in [0.25, 0.3) is 0 Å². The quantitative estimate of drug-likeness (QED) is 0.676. The maximum atomic E-state index is 11.9. The van der Waals surface area contributed by atoms with E-state index in [9.17, 15) is 9.59 Å². The molecule has 140 valence electrons. The summed E-state index contributed by atoms with van der Waals surface area (Å²) >= 11 is 11.6. The maximum absolute atomic E-state index is 11.9. The smallest absolute Gasteiger partial charge is 0.244 e. The second kappa shape index (κ2) is 10.6. The van der Waals surface area contributed by atoms with Crippen molar-refractivity contribution < 1.29 is 9.59 Å². The summed E-state index contributed by atoms with van der Waals surface area (Å²) < 4.78 is 0. The van der Waals surface area contributed by atoms with E-state index in [4.69, 9.17) is 23.2 Å². The van der Waals surface area contributed by atoms with Crippen LogP contribution in [-0.2, 0) is 9.59 Å². The molecule has 0 saturated heterocycles. The third-order valence-electron chi connectivity index (χ3n) is 3.57. The van der Waals surface area contributed by atoms with Gasteiger partial charge >= 0.3 is 0 Å². The van der Waals surface area contributed by atoms with Crippen LogP contribution in [-0.4, -0.2) is 24.4 Å². The molecule has 4 nitrogen and oxygen atoms in total. The van der Waals surface area contributed by atoms with E-state index >= 15 is 0 Å². The molecule has 0 unspecified atom stereocenters. The van der Waals surface area contributed by atoms with Crippen molar-refractivity contribution >= 4 is 47.2 Å². The highest BCUT2D eigenvalue weighted by Crippen LogP contribution is 2.11. The number of carbonyl (C=O) groups excluding carboxylic acids is 2. The first kappa shape index (κ1) is 20.7. The number of rotatable bonds is 7. The average molecular weight is 403 g/mol. The zero-order valence-electron chi connectivity index (χ0n) is 14.8. The van der Waals surface area contributed by atoms with E-state index in [1.165, 1.54) is 12.2 Å². The Morgan fingerprint density at radius 1 is 0.852 bits per heavy atom. The van der Waals surface area contributed by atoms with Crippen LogP contribution in [0.2, 0.25) is 10.0 Å². The molecular weight excluding hydrogens is 383 g/mol. The molecule has 0 aliphatic rings. The molecular formula is C21H20Cl2N2O2. The van der Waals surface area contributed by atoms with Crippen LogP contribution in [0.3, 0.4) is 0 Å². The SMILES string of the molecule is C[C@@H](CNC(=O)/C=C/c1ccc(Cl)cc1)NC(=O)/C=C/c1ccc(Cl)cc1. The lowest BCUT2D eigenvalue weighted by Crippen LogP contribution is -2.40. The molecule has 0 aliphatic carbocycles. The van der Waals surface area contributed by atoms with E-state index in [0.29, 0.717) is 16.6 Å². The second-order valence-electron chi connectivity index (χ2n) is 5.92. The van der Waals surface area contributed by atoms with Crippen molar-refractivity contribution in [2.75, 3.05) is 6.54 Å². The maximum Gasteiger partial charge on any atom is 0.244 e. The lowest BCUT2D eigenvalue weighted by Gasteiger charge is -2.12. The standard InChI is InChI=1S/C21H20Cl2N2O2/c1-15(25-21(27)13-7-17-4-10-19(23)11-5-17)14-24-20(26)12-6-16-2-8-18(22)9-3-16/h2-13,15H,14H2,1H3,(H,24,26)(H,25,27)/b12-6+,13-7+/t15-/m0/s1. The van der Waals surface area contributed by atoms with Gasteiger partial charge in [-0.15, -0.1) is 0 Å². The summed E-state index contributed by atoms with van der Waals surface area (Å²) in [6.07, 6.45) is 6.29. The molecule has 6 heteroatoms. The Morgan fingerprint density at radius 3 is 1.78 bits per heavy atom. The van der Waals surface area contributed by atoms with Crippen molar-refractivity contribution in [3.63, 3.8) is 0 Å². The Balaban J connectivity index is 1.73. The Hall–Kier alpha value is -2.56. The fourth-order valence-electron chi connectivity index (χ4n) is 2.15. The monoisotopic (exact) mass is 402 g/mol. The van der Waals surface area contributed by atoms with Crippen LogP contribution in [0.1, 0.15) is 18.1 Å². The second-order valence-corrected chi connectivity index (χ2v) is 6.80. The molecule has 2 amide bonds. The van der Waals surface area contributed by atoms with Gasteiger partial charge < -0.3 is 10.6 Å². The van der Waals surface area contributed by atoms with Crippen molar-refractivity contribution in [3.8, 4) is 0 Å². The van der Waals surface area contributed by atoms with Gasteiger partial charge in [-0.25, -0.2) is 0 Å². The van der Waals surface area contributed by atoms with Crippen molar-refractivity contribution in [1.82, 2.24) is 10.6 Å². The summed E-state index contributed by atoms with van der Waals surface area (Å²) in [6.45, 7) is 2.14. The van der Waals surface area contributed by atoms with Gasteiger partial charge in [0, 0.05) is 34.8 Å². The van der Waals surface area contributed by atoms with Crippen LogP contribution in [0, 0.1) is 0 Å². The van der Waals surface area contributed by atoms with Gasteiger partial charge in [-0.05, 0) is 54.5 Å². The van der Waals surface area contributed by atoms with Gasteiger partial charge in [0.1, 0.15) is 0 Å². The fraction of sp³-hybridized carbons (Fsp3) is 0.143. The number of halogens is 2. The molecule has 0 fully saturated rings. The Kier molecular flexibility index (Phi) is 8.11. The molecule has 0 saturated carbocycles. The highest BCUT2D eigenvalue weighted by atomic mass is 35.5. The zero-order valence-corrected chi connectivity index (χ0v) is 16.3. The summed E-state index contributed by atoms with van der Waals surface area (Å²) in [6, 6.07) is 14.1. The van der Waals surface area contributed by atoms with Crippen LogP contribution in [0.25, 0.3) is 12.2 Å². The minimum Gasteiger partial charge on any atom is -0.351 e. The molecule has 1 atom stereocenters. The normalized spacial score (nSPS) is 12.3. The number of hydrogen-bond donors (Lipinski definition) is 2. The van der Waals surface area contributed by atoms with E-state index in [2.05, 4.69) is 10.6 Å². The largest absolute Gasteiger partial charge is 0.351 e. The molecule has 0 heterocycles. The predicted octanol–water partition coefficient (Wildman–Crippen LogP) is 4.34. The summed E-state index contributed by atoms with van der Waals surface area (Å²) in [5.74, 6) is -0.467. The molecule has 0 aliphatic heterocycles. The van der Waals surface area contributed by atoms with Crippen molar-refractivity contribution in [2.24, 2.45) is 0 Å². The van der Waals surface area contributed by atoms with E-state index in [0.717, 1.165) is 11.1 Å². The van der Waals surface area contributed by atoms with E-state index < -0.39 is 0 Å². The average Bonchev–Trinajstić information content (AvgIpc) is 2.65. The molecule has 0 radical (unpaired) electrons. The first-order chi connectivity index (χ1) is 12.9. The van der Waals surface area contributed by atoms with Crippen molar-refractivity contribution in [1.29, 1.82) is 0 Å². The minimum absolute atomic E-state index is 0.208. The zero-order chi connectivity index (χ0) is 19.6. The first-order valence-corrected chi connectivity index (χ1v) is 9.13. The lowest BCUT2D eigenvalue weighted by atomic mass is 10.2. The van der Waals surface area contributed by atoms with E-state index in [-0.39, 0.29) is 17.9 Å². The van der Waals surface area contributed by atoms with Crippen molar-refractivity contribution in [2.45, 2.75) is 13.0 Å². The van der Waals surface area contributed by atoms with E-state index in [1.54, 1.807) is 36.4 Å². The molecule has 2 aromatic rings. The summed E-state index contributed by atoms with van der Waals surface area (Å²) in [7, 11) is 0. The van der Waals surface area contributed by atoms with Crippen LogP contribution in [0.4, 0.5) is 0 Å². The van der Waals surface area contributed by atoms with Crippen LogP contribution < -0.4 is 10.6 Å². The molecule has 2 N–H and O–H groups in total. The number of benzene rings is 2. The minimum atomic E-state index is -0.234. The molecule has 0 spiro atoms. The topological polar surface area (TPSA) is 58.2 Å². The number of carbonyl (C=O) groups is 2. The summed E-state index contributed by atoms with van der Waals surface area (Å²) in [4.78, 5) is 23.8. The number of nitrogens with one attached hydrogen (secondary N) is 2. The molecule has 2 rings (SSSR count). The third-order valence-corrected chi connectivity index (χ3v) is 4.07. The molecule has 2 aromatic carbocycles. The van der Waals surface area contributed by atoms with Gasteiger partial charge in [-0.1, -0.05) is 47.5 Å². The highest BCUT2D eigenvalue weighted by Gasteiger charge is 2.05.